The van der Waals surface area contributed by atoms with E-state index in [1.165, 1.54) is 7.11 Å². The molecule has 0 spiro atoms. The zero-order chi connectivity index (χ0) is 19.3. The number of nitrogens with zero attached hydrogens (tertiary/aromatic N) is 1. The number of ether oxygens (including phenoxy) is 1. The lowest BCUT2D eigenvalue weighted by Gasteiger charge is -2.24. The quantitative estimate of drug-likeness (QED) is 0.806. The summed E-state index contributed by atoms with van der Waals surface area (Å²) >= 11 is 0. The molecule has 0 aliphatic rings. The molecule has 2 rings (SSSR count). The molecule has 1 amide bonds. The number of aryl methyl sites for hydroxylation is 1. The van der Waals surface area contributed by atoms with Gasteiger partial charge in [-0.05, 0) is 31.5 Å². The Morgan fingerprint density at radius 3 is 2.35 bits per heavy atom. The SMILES string of the molecule is COc1ccccc1N(CC(=O)N[C@H](C)c1ccc(C)cc1)S(C)(=O)=O. The number of amides is 1. The molecule has 2 aromatic rings. The minimum Gasteiger partial charge on any atom is -0.495 e. The number of sulfonamides is 1. The number of carbonyl (C=O) groups excluding carboxylic acids is 1. The first-order chi connectivity index (χ1) is 12.2. The summed E-state index contributed by atoms with van der Waals surface area (Å²) in [6.07, 6.45) is 1.07. The Morgan fingerprint density at radius 2 is 1.77 bits per heavy atom. The summed E-state index contributed by atoms with van der Waals surface area (Å²) in [4.78, 5) is 12.5. The van der Waals surface area contributed by atoms with E-state index in [9.17, 15) is 13.2 Å². The van der Waals surface area contributed by atoms with Gasteiger partial charge in [-0.2, -0.15) is 0 Å². The van der Waals surface area contributed by atoms with Gasteiger partial charge in [0.05, 0.1) is 25.1 Å². The maximum absolute atomic E-state index is 12.5. The molecule has 1 atom stereocenters. The predicted molar refractivity (Wildman–Crippen MR) is 103 cm³/mol. The summed E-state index contributed by atoms with van der Waals surface area (Å²) in [6, 6.07) is 14.3. The molecular formula is C19H24N2O4S. The number of rotatable bonds is 7. The van der Waals surface area contributed by atoms with Crippen molar-refractivity contribution < 1.29 is 17.9 Å². The van der Waals surface area contributed by atoms with Gasteiger partial charge in [0.25, 0.3) is 0 Å². The van der Waals surface area contributed by atoms with Crippen LogP contribution < -0.4 is 14.4 Å². The summed E-state index contributed by atoms with van der Waals surface area (Å²) in [6.45, 7) is 3.52. The predicted octanol–water partition coefficient (Wildman–Crippen LogP) is 2.65. The fraction of sp³-hybridized carbons (Fsp3) is 0.316. The summed E-state index contributed by atoms with van der Waals surface area (Å²) in [5.41, 5.74) is 2.41. The largest absolute Gasteiger partial charge is 0.495 e. The number of anilines is 1. The van der Waals surface area contributed by atoms with Crippen LogP contribution in [0.1, 0.15) is 24.1 Å². The zero-order valence-corrected chi connectivity index (χ0v) is 16.2. The second kappa shape index (κ2) is 8.23. The monoisotopic (exact) mass is 376 g/mol. The van der Waals surface area contributed by atoms with Crippen LogP contribution in [0.25, 0.3) is 0 Å². The van der Waals surface area contributed by atoms with Crippen LogP contribution in [0.5, 0.6) is 5.75 Å². The van der Waals surface area contributed by atoms with E-state index < -0.39 is 15.9 Å². The molecule has 0 bridgehead atoms. The number of benzene rings is 2. The van der Waals surface area contributed by atoms with Crippen molar-refractivity contribution in [2.24, 2.45) is 0 Å². The van der Waals surface area contributed by atoms with Crippen LogP contribution >= 0.6 is 0 Å². The minimum atomic E-state index is -3.66. The number of methoxy groups -OCH3 is 1. The van der Waals surface area contributed by atoms with Gasteiger partial charge in [0.15, 0.2) is 0 Å². The lowest BCUT2D eigenvalue weighted by Crippen LogP contribution is -2.41. The number of nitrogens with one attached hydrogen (secondary N) is 1. The normalized spacial score (nSPS) is 12.3. The highest BCUT2D eigenvalue weighted by atomic mass is 32.2. The van der Waals surface area contributed by atoms with Gasteiger partial charge in [0.2, 0.25) is 15.9 Å². The summed E-state index contributed by atoms with van der Waals surface area (Å²) in [5, 5.41) is 2.84. The van der Waals surface area contributed by atoms with Crippen LogP contribution in [-0.4, -0.2) is 34.2 Å². The van der Waals surface area contributed by atoms with E-state index >= 15 is 0 Å². The third kappa shape index (κ3) is 4.98. The molecule has 0 unspecified atom stereocenters. The minimum absolute atomic E-state index is 0.234. The number of hydrogen-bond acceptors (Lipinski definition) is 4. The molecule has 6 nitrogen and oxygen atoms in total. The molecule has 0 saturated heterocycles. The van der Waals surface area contributed by atoms with E-state index in [1.807, 2.05) is 38.1 Å². The van der Waals surface area contributed by atoms with Crippen molar-refractivity contribution in [3.05, 3.63) is 59.7 Å². The standard InChI is InChI=1S/C19H24N2O4S/c1-14-9-11-16(12-10-14)15(2)20-19(22)13-21(26(4,23)24)17-7-5-6-8-18(17)25-3/h5-12,15H,13H2,1-4H3,(H,20,22)/t15-/m1/s1. The van der Waals surface area contributed by atoms with E-state index in [1.54, 1.807) is 24.3 Å². The highest BCUT2D eigenvalue weighted by molar-refractivity contribution is 7.92. The first-order valence-corrected chi connectivity index (χ1v) is 10.0. The lowest BCUT2D eigenvalue weighted by molar-refractivity contribution is -0.120. The average molecular weight is 376 g/mol. The molecular weight excluding hydrogens is 352 g/mol. The second-order valence-electron chi connectivity index (χ2n) is 6.14. The van der Waals surface area contributed by atoms with Crippen LogP contribution in [0.15, 0.2) is 48.5 Å². The summed E-state index contributed by atoms with van der Waals surface area (Å²) in [7, 11) is -2.20. The molecule has 0 aromatic heterocycles. The molecule has 7 heteroatoms. The van der Waals surface area contributed by atoms with Crippen molar-refractivity contribution in [3.8, 4) is 5.75 Å². The first kappa shape index (κ1) is 19.8. The molecule has 0 aliphatic heterocycles. The Kier molecular flexibility index (Phi) is 6.26. The van der Waals surface area contributed by atoms with E-state index in [0.717, 1.165) is 21.7 Å². The van der Waals surface area contributed by atoms with Gasteiger partial charge in [0, 0.05) is 0 Å². The molecule has 0 aliphatic carbocycles. The Morgan fingerprint density at radius 1 is 1.15 bits per heavy atom. The fourth-order valence-corrected chi connectivity index (χ4v) is 3.43. The molecule has 1 N–H and O–H groups in total. The average Bonchev–Trinajstić information content (AvgIpc) is 2.59. The number of para-hydroxylation sites is 2. The van der Waals surface area contributed by atoms with Gasteiger partial charge in [-0.15, -0.1) is 0 Å². The maximum atomic E-state index is 12.5. The highest BCUT2D eigenvalue weighted by Gasteiger charge is 2.24. The second-order valence-corrected chi connectivity index (χ2v) is 8.05. The first-order valence-electron chi connectivity index (χ1n) is 8.19. The molecule has 0 radical (unpaired) electrons. The lowest BCUT2D eigenvalue weighted by atomic mass is 10.1. The summed E-state index contributed by atoms with van der Waals surface area (Å²) in [5.74, 6) is -0.00767. The van der Waals surface area contributed by atoms with Crippen molar-refractivity contribution in [2.75, 3.05) is 24.2 Å². The van der Waals surface area contributed by atoms with Gasteiger partial charge in [-0.1, -0.05) is 42.0 Å². The Balaban J connectivity index is 2.18. The topological polar surface area (TPSA) is 75.7 Å². The molecule has 0 heterocycles. The van der Waals surface area contributed by atoms with Crippen LogP contribution in [-0.2, 0) is 14.8 Å². The zero-order valence-electron chi connectivity index (χ0n) is 15.4. The Bertz CT molecular complexity index is 863. The third-order valence-electron chi connectivity index (χ3n) is 4.00. The van der Waals surface area contributed by atoms with Crippen LogP contribution in [0.2, 0.25) is 0 Å². The van der Waals surface area contributed by atoms with Crippen molar-refractivity contribution in [2.45, 2.75) is 19.9 Å². The van der Waals surface area contributed by atoms with Crippen molar-refractivity contribution in [1.29, 1.82) is 0 Å². The van der Waals surface area contributed by atoms with Crippen molar-refractivity contribution in [3.63, 3.8) is 0 Å². The van der Waals surface area contributed by atoms with E-state index in [2.05, 4.69) is 5.32 Å². The van der Waals surface area contributed by atoms with Crippen molar-refractivity contribution in [1.82, 2.24) is 5.32 Å². The fourth-order valence-electron chi connectivity index (χ4n) is 2.57. The Labute approximate surface area is 154 Å². The highest BCUT2D eigenvalue weighted by Crippen LogP contribution is 2.29. The third-order valence-corrected chi connectivity index (χ3v) is 5.12. The van der Waals surface area contributed by atoms with Gasteiger partial charge in [-0.25, -0.2) is 8.42 Å². The molecule has 26 heavy (non-hydrogen) atoms. The van der Waals surface area contributed by atoms with Crippen LogP contribution in [0.3, 0.4) is 0 Å². The molecule has 2 aromatic carbocycles. The van der Waals surface area contributed by atoms with E-state index in [-0.39, 0.29) is 12.6 Å². The molecule has 0 saturated carbocycles. The molecule has 0 fully saturated rings. The smallest absolute Gasteiger partial charge is 0.241 e. The Hall–Kier alpha value is -2.54. The van der Waals surface area contributed by atoms with E-state index in [0.29, 0.717) is 11.4 Å². The van der Waals surface area contributed by atoms with Gasteiger partial charge in [0.1, 0.15) is 12.3 Å². The maximum Gasteiger partial charge on any atom is 0.241 e. The van der Waals surface area contributed by atoms with E-state index in [4.69, 9.17) is 4.74 Å². The van der Waals surface area contributed by atoms with Crippen LogP contribution in [0.4, 0.5) is 5.69 Å². The number of hydrogen-bond donors (Lipinski definition) is 1. The van der Waals surface area contributed by atoms with Gasteiger partial charge >= 0.3 is 0 Å². The van der Waals surface area contributed by atoms with Crippen molar-refractivity contribution >= 4 is 21.6 Å². The van der Waals surface area contributed by atoms with Gasteiger partial charge < -0.3 is 10.1 Å². The van der Waals surface area contributed by atoms with Gasteiger partial charge in [-0.3, -0.25) is 9.10 Å². The van der Waals surface area contributed by atoms with Crippen LogP contribution in [0, 0.1) is 6.92 Å². The number of carbonyl (C=O) groups is 1. The summed E-state index contributed by atoms with van der Waals surface area (Å²) < 4.78 is 30.7. The molecule has 140 valence electrons.